The lowest BCUT2D eigenvalue weighted by Crippen LogP contribution is -2.16. The maximum absolute atomic E-state index is 12.6. The Morgan fingerprint density at radius 2 is 1.93 bits per heavy atom. The largest absolute Gasteiger partial charge is 0.361 e. The standard InChI is InChI=1S/C21H23N3O3/c1-14(2)10-15(11-21(25)23-16-6-4-3-5-7-16)19-13-22-20-9-8-17(24(26)27)12-18(19)20/h3-9,12-15,22H,10-11H2,1-2H3,(H,23,25)/t15-/m1/s1. The highest BCUT2D eigenvalue weighted by Crippen LogP contribution is 2.34. The quantitative estimate of drug-likeness (QED) is 0.443. The number of H-pyrrole nitrogens is 1. The Hall–Kier alpha value is -3.15. The number of non-ortho nitro benzene ring substituents is 1. The van der Waals surface area contributed by atoms with Crippen LogP contribution in [0.4, 0.5) is 11.4 Å². The van der Waals surface area contributed by atoms with Gasteiger partial charge in [-0.2, -0.15) is 0 Å². The number of nitrogens with one attached hydrogen (secondary N) is 2. The summed E-state index contributed by atoms with van der Waals surface area (Å²) in [7, 11) is 0. The molecule has 0 spiro atoms. The minimum Gasteiger partial charge on any atom is -0.361 e. The molecule has 0 fully saturated rings. The summed E-state index contributed by atoms with van der Waals surface area (Å²) in [4.78, 5) is 26.5. The molecule has 0 aliphatic rings. The van der Waals surface area contributed by atoms with E-state index in [1.165, 1.54) is 6.07 Å². The average Bonchev–Trinajstić information content (AvgIpc) is 3.04. The van der Waals surface area contributed by atoms with Crippen LogP contribution in [0.5, 0.6) is 0 Å². The predicted octanol–water partition coefficient (Wildman–Crippen LogP) is 5.23. The van der Waals surface area contributed by atoms with Crippen molar-refractivity contribution in [1.82, 2.24) is 4.98 Å². The van der Waals surface area contributed by atoms with Gasteiger partial charge in [0.25, 0.3) is 5.69 Å². The van der Waals surface area contributed by atoms with Gasteiger partial charge >= 0.3 is 0 Å². The van der Waals surface area contributed by atoms with Gasteiger partial charge in [-0.3, -0.25) is 14.9 Å². The number of carbonyl (C=O) groups excluding carboxylic acids is 1. The van der Waals surface area contributed by atoms with E-state index in [1.54, 1.807) is 12.1 Å². The zero-order valence-corrected chi connectivity index (χ0v) is 15.4. The number of aromatic amines is 1. The predicted molar refractivity (Wildman–Crippen MR) is 107 cm³/mol. The highest BCUT2D eigenvalue weighted by molar-refractivity contribution is 5.92. The van der Waals surface area contributed by atoms with Crippen LogP contribution in [0.2, 0.25) is 0 Å². The maximum atomic E-state index is 12.6. The molecule has 27 heavy (non-hydrogen) atoms. The summed E-state index contributed by atoms with van der Waals surface area (Å²) in [5.41, 5.74) is 2.61. The third-order valence-corrected chi connectivity index (χ3v) is 4.59. The van der Waals surface area contributed by atoms with E-state index >= 15 is 0 Å². The summed E-state index contributed by atoms with van der Waals surface area (Å²) in [6, 6.07) is 14.1. The van der Waals surface area contributed by atoms with Gasteiger partial charge in [0.05, 0.1) is 4.92 Å². The lowest BCUT2D eigenvalue weighted by molar-refractivity contribution is -0.384. The van der Waals surface area contributed by atoms with Gasteiger partial charge in [0.1, 0.15) is 0 Å². The first kappa shape index (κ1) is 18.6. The molecule has 0 aliphatic heterocycles. The molecule has 0 unspecified atom stereocenters. The summed E-state index contributed by atoms with van der Waals surface area (Å²) in [5, 5.41) is 14.9. The molecule has 1 atom stereocenters. The second kappa shape index (κ2) is 8.03. The van der Waals surface area contributed by atoms with Gasteiger partial charge in [0.2, 0.25) is 5.91 Å². The molecule has 0 saturated heterocycles. The van der Waals surface area contributed by atoms with Crippen molar-refractivity contribution in [2.45, 2.75) is 32.6 Å². The van der Waals surface area contributed by atoms with E-state index in [0.717, 1.165) is 28.6 Å². The highest BCUT2D eigenvalue weighted by atomic mass is 16.6. The van der Waals surface area contributed by atoms with Crippen molar-refractivity contribution < 1.29 is 9.72 Å². The number of fused-ring (bicyclic) bond motifs is 1. The first-order chi connectivity index (χ1) is 12.9. The summed E-state index contributed by atoms with van der Waals surface area (Å²) in [6.07, 6.45) is 3.01. The molecular formula is C21H23N3O3. The summed E-state index contributed by atoms with van der Waals surface area (Å²) in [5.74, 6) is 0.305. The minimum absolute atomic E-state index is 0.0236. The Labute approximate surface area is 157 Å². The van der Waals surface area contributed by atoms with Crippen molar-refractivity contribution in [1.29, 1.82) is 0 Å². The number of para-hydroxylation sites is 1. The van der Waals surface area contributed by atoms with Crippen LogP contribution < -0.4 is 5.32 Å². The Bertz CT molecular complexity index is 948. The molecule has 2 N–H and O–H groups in total. The summed E-state index contributed by atoms with van der Waals surface area (Å²) in [6.45, 7) is 4.22. The van der Waals surface area contributed by atoms with Gasteiger partial charge in [-0.15, -0.1) is 0 Å². The number of carbonyl (C=O) groups is 1. The fraction of sp³-hybridized carbons (Fsp3) is 0.286. The van der Waals surface area contributed by atoms with Crippen molar-refractivity contribution in [3.63, 3.8) is 0 Å². The molecule has 0 aliphatic carbocycles. The topological polar surface area (TPSA) is 88.0 Å². The molecule has 3 rings (SSSR count). The SMILES string of the molecule is CC(C)C[C@H](CC(=O)Nc1ccccc1)c1c[nH]c2ccc([N+](=O)[O-])cc12. The number of aromatic nitrogens is 1. The lowest BCUT2D eigenvalue weighted by atomic mass is 9.87. The van der Waals surface area contributed by atoms with Crippen molar-refractivity contribution in [2.24, 2.45) is 5.92 Å². The number of rotatable bonds is 7. The molecule has 140 valence electrons. The van der Waals surface area contributed by atoms with Crippen LogP contribution in [0.25, 0.3) is 10.9 Å². The monoisotopic (exact) mass is 365 g/mol. The Morgan fingerprint density at radius 3 is 2.59 bits per heavy atom. The Kier molecular flexibility index (Phi) is 5.54. The Morgan fingerprint density at radius 1 is 1.19 bits per heavy atom. The number of hydrogen-bond acceptors (Lipinski definition) is 3. The van der Waals surface area contributed by atoms with Gasteiger partial charge in [-0.1, -0.05) is 32.0 Å². The van der Waals surface area contributed by atoms with E-state index < -0.39 is 4.92 Å². The molecule has 0 bridgehead atoms. The van der Waals surface area contributed by atoms with Gasteiger partial charge in [0, 0.05) is 41.3 Å². The zero-order valence-electron chi connectivity index (χ0n) is 15.4. The number of hydrogen-bond donors (Lipinski definition) is 2. The molecule has 3 aromatic rings. The number of benzene rings is 2. The van der Waals surface area contributed by atoms with Crippen LogP contribution in [0, 0.1) is 16.0 Å². The second-order valence-corrected chi connectivity index (χ2v) is 7.18. The molecule has 0 radical (unpaired) electrons. The van der Waals surface area contributed by atoms with Gasteiger partial charge in [-0.05, 0) is 42.0 Å². The number of anilines is 1. The van der Waals surface area contributed by atoms with Crippen molar-refractivity contribution in [2.75, 3.05) is 5.32 Å². The zero-order chi connectivity index (χ0) is 19.4. The van der Waals surface area contributed by atoms with Crippen molar-refractivity contribution >= 4 is 28.2 Å². The second-order valence-electron chi connectivity index (χ2n) is 7.18. The average molecular weight is 365 g/mol. The van der Waals surface area contributed by atoms with Gasteiger partial charge < -0.3 is 10.3 Å². The van der Waals surface area contributed by atoms with Gasteiger partial charge in [-0.25, -0.2) is 0 Å². The molecule has 1 aromatic heterocycles. The van der Waals surface area contributed by atoms with E-state index in [9.17, 15) is 14.9 Å². The fourth-order valence-corrected chi connectivity index (χ4v) is 3.43. The summed E-state index contributed by atoms with van der Waals surface area (Å²) < 4.78 is 0. The fourth-order valence-electron chi connectivity index (χ4n) is 3.43. The van der Waals surface area contributed by atoms with E-state index in [1.807, 2.05) is 36.5 Å². The molecule has 0 saturated carbocycles. The minimum atomic E-state index is -0.393. The normalized spacial score (nSPS) is 12.3. The van der Waals surface area contributed by atoms with E-state index in [2.05, 4.69) is 24.1 Å². The van der Waals surface area contributed by atoms with Crippen LogP contribution in [-0.2, 0) is 4.79 Å². The van der Waals surface area contributed by atoms with Crippen molar-refractivity contribution in [3.05, 3.63) is 70.4 Å². The highest BCUT2D eigenvalue weighted by Gasteiger charge is 2.22. The van der Waals surface area contributed by atoms with E-state index in [0.29, 0.717) is 12.3 Å². The van der Waals surface area contributed by atoms with Crippen molar-refractivity contribution in [3.8, 4) is 0 Å². The molecular weight excluding hydrogens is 342 g/mol. The number of nitro benzene ring substituents is 1. The third-order valence-electron chi connectivity index (χ3n) is 4.59. The lowest BCUT2D eigenvalue weighted by Gasteiger charge is -2.18. The maximum Gasteiger partial charge on any atom is 0.270 e. The number of nitro groups is 1. The molecule has 6 heteroatoms. The smallest absolute Gasteiger partial charge is 0.270 e. The Balaban J connectivity index is 1.88. The number of amides is 1. The van der Waals surface area contributed by atoms with Gasteiger partial charge in [0.15, 0.2) is 0 Å². The first-order valence-electron chi connectivity index (χ1n) is 9.04. The molecule has 1 heterocycles. The molecule has 1 amide bonds. The number of nitrogens with zero attached hydrogens (tertiary/aromatic N) is 1. The molecule has 2 aromatic carbocycles. The van der Waals surface area contributed by atoms with E-state index in [-0.39, 0.29) is 17.5 Å². The van der Waals surface area contributed by atoms with Crippen LogP contribution in [0.1, 0.15) is 38.2 Å². The third kappa shape index (κ3) is 4.53. The molecule has 6 nitrogen and oxygen atoms in total. The van der Waals surface area contributed by atoms with E-state index in [4.69, 9.17) is 0 Å². The summed E-state index contributed by atoms with van der Waals surface area (Å²) >= 11 is 0. The van der Waals surface area contributed by atoms with Crippen LogP contribution in [-0.4, -0.2) is 15.8 Å². The first-order valence-corrected chi connectivity index (χ1v) is 9.04. The van der Waals surface area contributed by atoms with Crippen LogP contribution >= 0.6 is 0 Å². The van der Waals surface area contributed by atoms with Crippen LogP contribution in [0.3, 0.4) is 0 Å². The van der Waals surface area contributed by atoms with Crippen LogP contribution in [0.15, 0.2) is 54.7 Å².